The number of alkyl halides is 1. The Bertz CT molecular complexity index is 1330. The quantitative estimate of drug-likeness (QED) is 0.447. The van der Waals surface area contributed by atoms with Crippen molar-refractivity contribution in [2.24, 2.45) is 0 Å². The van der Waals surface area contributed by atoms with E-state index >= 15 is 0 Å². The monoisotopic (exact) mass is 551 g/mol. The van der Waals surface area contributed by atoms with E-state index in [2.05, 4.69) is 25.7 Å². The molecule has 9 nitrogen and oxygen atoms in total. The van der Waals surface area contributed by atoms with Gasteiger partial charge in [0.1, 0.15) is 24.6 Å². The Balaban J connectivity index is 1.32. The van der Waals surface area contributed by atoms with Crippen LogP contribution in [0.25, 0.3) is 0 Å². The number of piperazine rings is 1. The fraction of sp³-hybridized carbons (Fsp3) is 0.448. The molecule has 0 saturated carbocycles. The van der Waals surface area contributed by atoms with Gasteiger partial charge in [0.2, 0.25) is 11.8 Å². The minimum Gasteiger partial charge on any atom is -0.351 e. The van der Waals surface area contributed by atoms with Crippen LogP contribution in [0.15, 0.2) is 54.7 Å². The van der Waals surface area contributed by atoms with Crippen molar-refractivity contribution in [3.63, 3.8) is 0 Å². The van der Waals surface area contributed by atoms with E-state index in [1.54, 1.807) is 18.3 Å². The number of hydrogen-bond donors (Lipinski definition) is 2. The minimum absolute atomic E-state index is 0.00980. The number of carbonyl (C=O) groups excluding carboxylic acids is 2. The Morgan fingerprint density at radius 3 is 2.55 bits per heavy atom. The fourth-order valence-corrected chi connectivity index (χ4v) is 5.36. The number of amides is 2. The smallest absolute Gasteiger partial charge is 0.246 e. The maximum atomic E-state index is 14.9. The second-order valence-corrected chi connectivity index (χ2v) is 10.7. The van der Waals surface area contributed by atoms with E-state index in [0.717, 1.165) is 31.7 Å². The van der Waals surface area contributed by atoms with Crippen LogP contribution in [0.5, 0.6) is 0 Å². The first kappa shape index (κ1) is 27.7. The van der Waals surface area contributed by atoms with Crippen molar-refractivity contribution < 1.29 is 18.4 Å². The summed E-state index contributed by atoms with van der Waals surface area (Å²) in [5, 5.41) is 14.9. The fourth-order valence-electron chi connectivity index (χ4n) is 5.36. The summed E-state index contributed by atoms with van der Waals surface area (Å²) < 4.78 is 29.5. The standard InChI is InChI=1S/C29H35F2N7O2/c1-19(2)23-9-8-21(14-24(23)31)28(20-6-4-3-5-7-20)34-29(40)25-15-22(30)17-37(25)27(39)18-38-33-16-26(35-38)36-12-10-32-11-13-36/h3-9,14,16,19,22,25,28,32H,10-13,15,17-18H2,1-2H3,(H,34,40). The Kier molecular flexibility index (Phi) is 8.39. The lowest BCUT2D eigenvalue weighted by atomic mass is 9.94. The van der Waals surface area contributed by atoms with Gasteiger partial charge in [-0.15, -0.1) is 5.10 Å². The molecule has 3 aromatic rings. The van der Waals surface area contributed by atoms with E-state index in [9.17, 15) is 18.4 Å². The molecule has 0 radical (unpaired) electrons. The van der Waals surface area contributed by atoms with Crippen LogP contribution in [0, 0.1) is 5.82 Å². The molecule has 3 atom stereocenters. The summed E-state index contributed by atoms with van der Waals surface area (Å²) in [5.74, 6) is -0.599. The third-order valence-electron chi connectivity index (χ3n) is 7.51. The Morgan fingerprint density at radius 1 is 1.10 bits per heavy atom. The Labute approximate surface area is 232 Å². The van der Waals surface area contributed by atoms with Gasteiger partial charge in [-0.25, -0.2) is 8.78 Å². The molecule has 2 saturated heterocycles. The number of likely N-dealkylation sites (tertiary alicyclic amines) is 1. The van der Waals surface area contributed by atoms with Crippen LogP contribution in [-0.2, 0) is 16.1 Å². The lowest BCUT2D eigenvalue weighted by Crippen LogP contribution is -2.48. The number of nitrogens with zero attached hydrogens (tertiary/aromatic N) is 5. The first-order valence-electron chi connectivity index (χ1n) is 13.7. The lowest BCUT2D eigenvalue weighted by molar-refractivity contribution is -0.139. The van der Waals surface area contributed by atoms with Crippen LogP contribution >= 0.6 is 0 Å². The molecule has 3 unspecified atom stereocenters. The average molecular weight is 552 g/mol. The summed E-state index contributed by atoms with van der Waals surface area (Å²) in [6.07, 6.45) is 0.164. The van der Waals surface area contributed by atoms with Gasteiger partial charge in [0.05, 0.1) is 18.8 Å². The van der Waals surface area contributed by atoms with E-state index in [4.69, 9.17) is 0 Å². The van der Waals surface area contributed by atoms with Gasteiger partial charge in [-0.2, -0.15) is 9.90 Å². The van der Waals surface area contributed by atoms with Crippen LogP contribution in [0.3, 0.4) is 0 Å². The molecule has 2 fully saturated rings. The molecule has 1 aromatic heterocycles. The van der Waals surface area contributed by atoms with E-state index in [1.807, 2.05) is 44.2 Å². The van der Waals surface area contributed by atoms with Gasteiger partial charge < -0.3 is 20.4 Å². The summed E-state index contributed by atoms with van der Waals surface area (Å²) in [6, 6.07) is 12.5. The molecule has 212 valence electrons. The minimum atomic E-state index is -1.33. The van der Waals surface area contributed by atoms with E-state index in [-0.39, 0.29) is 31.2 Å². The topological polar surface area (TPSA) is 95.4 Å². The van der Waals surface area contributed by atoms with Gasteiger partial charge in [0.25, 0.3) is 0 Å². The van der Waals surface area contributed by atoms with Crippen LogP contribution in [0.2, 0.25) is 0 Å². The molecular formula is C29H35F2N7O2. The molecule has 40 heavy (non-hydrogen) atoms. The summed E-state index contributed by atoms with van der Waals surface area (Å²) in [7, 11) is 0. The Morgan fingerprint density at radius 2 is 1.85 bits per heavy atom. The molecule has 0 spiro atoms. The molecule has 2 amide bonds. The van der Waals surface area contributed by atoms with Crippen LogP contribution in [-0.4, -0.2) is 76.6 Å². The number of nitrogens with one attached hydrogen (secondary N) is 2. The number of rotatable bonds is 8. The zero-order valence-electron chi connectivity index (χ0n) is 22.8. The van der Waals surface area contributed by atoms with Gasteiger partial charge in [0.15, 0.2) is 5.82 Å². The largest absolute Gasteiger partial charge is 0.351 e. The summed E-state index contributed by atoms with van der Waals surface area (Å²) in [4.78, 5) is 31.4. The number of hydrogen-bond acceptors (Lipinski definition) is 6. The number of anilines is 1. The molecule has 2 aliphatic rings. The van der Waals surface area contributed by atoms with Gasteiger partial charge >= 0.3 is 0 Å². The average Bonchev–Trinajstić information content (AvgIpc) is 3.59. The highest BCUT2D eigenvalue weighted by Gasteiger charge is 2.40. The number of benzene rings is 2. The van der Waals surface area contributed by atoms with E-state index < -0.39 is 30.1 Å². The molecule has 3 heterocycles. The Hall–Kier alpha value is -3.86. The first-order valence-corrected chi connectivity index (χ1v) is 13.7. The van der Waals surface area contributed by atoms with Crippen LogP contribution in [0.4, 0.5) is 14.6 Å². The van der Waals surface area contributed by atoms with Crippen molar-refractivity contribution in [2.45, 2.75) is 51.0 Å². The number of aromatic nitrogens is 3. The summed E-state index contributed by atoms with van der Waals surface area (Å²) in [5.41, 5.74) is 1.90. The van der Waals surface area contributed by atoms with Crippen LogP contribution < -0.4 is 15.5 Å². The van der Waals surface area contributed by atoms with Gasteiger partial charge in [-0.3, -0.25) is 9.59 Å². The molecule has 0 bridgehead atoms. The molecule has 0 aliphatic carbocycles. The molecule has 2 aliphatic heterocycles. The normalized spacial score (nSPS) is 20.1. The highest BCUT2D eigenvalue weighted by molar-refractivity contribution is 5.88. The van der Waals surface area contributed by atoms with Gasteiger partial charge in [-0.1, -0.05) is 56.3 Å². The van der Waals surface area contributed by atoms with E-state index in [1.165, 1.54) is 15.8 Å². The molecule has 2 aromatic carbocycles. The predicted octanol–water partition coefficient (Wildman–Crippen LogP) is 2.80. The predicted molar refractivity (Wildman–Crippen MR) is 147 cm³/mol. The molecular weight excluding hydrogens is 516 g/mol. The van der Waals surface area contributed by atoms with Crippen molar-refractivity contribution in [1.29, 1.82) is 0 Å². The third-order valence-corrected chi connectivity index (χ3v) is 7.51. The molecule has 11 heteroatoms. The lowest BCUT2D eigenvalue weighted by Gasteiger charge is -2.27. The van der Waals surface area contributed by atoms with Gasteiger partial charge in [-0.05, 0) is 28.7 Å². The molecule has 5 rings (SSSR count). The van der Waals surface area contributed by atoms with Gasteiger partial charge in [0, 0.05) is 32.6 Å². The SMILES string of the molecule is CC(C)c1ccc(C(NC(=O)C2CC(F)CN2C(=O)Cn2ncc(N3CCNCC3)n2)c2ccccc2)cc1F. The molecule has 2 N–H and O–H groups in total. The third kappa shape index (κ3) is 6.14. The number of halogens is 2. The van der Waals surface area contributed by atoms with Crippen molar-refractivity contribution in [2.75, 3.05) is 37.6 Å². The maximum Gasteiger partial charge on any atom is 0.246 e. The highest BCUT2D eigenvalue weighted by Crippen LogP contribution is 2.28. The zero-order chi connectivity index (χ0) is 28.2. The van der Waals surface area contributed by atoms with Crippen molar-refractivity contribution in [1.82, 2.24) is 30.5 Å². The number of carbonyl (C=O) groups is 2. The van der Waals surface area contributed by atoms with Crippen molar-refractivity contribution >= 4 is 17.6 Å². The second-order valence-electron chi connectivity index (χ2n) is 10.7. The second kappa shape index (κ2) is 12.1. The zero-order valence-corrected chi connectivity index (χ0v) is 22.8. The van der Waals surface area contributed by atoms with Crippen LogP contribution in [0.1, 0.15) is 48.9 Å². The van der Waals surface area contributed by atoms with Crippen molar-refractivity contribution in [3.8, 4) is 0 Å². The highest BCUT2D eigenvalue weighted by atomic mass is 19.1. The maximum absolute atomic E-state index is 14.9. The first-order chi connectivity index (χ1) is 19.3. The summed E-state index contributed by atoms with van der Waals surface area (Å²) >= 11 is 0. The van der Waals surface area contributed by atoms with Crippen molar-refractivity contribution in [3.05, 3.63) is 77.2 Å². The summed E-state index contributed by atoms with van der Waals surface area (Å²) in [6.45, 7) is 6.70. The van der Waals surface area contributed by atoms with E-state index in [0.29, 0.717) is 16.9 Å².